The van der Waals surface area contributed by atoms with Gasteiger partial charge in [0.05, 0.1) is 11.7 Å². The van der Waals surface area contributed by atoms with E-state index in [0.717, 1.165) is 48.5 Å². The molecule has 1 unspecified atom stereocenters. The van der Waals surface area contributed by atoms with E-state index in [1.807, 2.05) is 6.20 Å². The van der Waals surface area contributed by atoms with Crippen molar-refractivity contribution in [3.05, 3.63) is 61.8 Å². The van der Waals surface area contributed by atoms with Crippen LogP contribution in [0.4, 0.5) is 0 Å². The van der Waals surface area contributed by atoms with E-state index in [4.69, 9.17) is 16.6 Å². The van der Waals surface area contributed by atoms with Crippen molar-refractivity contribution in [1.82, 2.24) is 15.2 Å². The topological polar surface area (TPSA) is 28.2 Å². The Morgan fingerprint density at radius 3 is 2.83 bits per heavy atom. The molecule has 1 atom stereocenters. The minimum atomic E-state index is 0.226. The number of fused-ring (bicyclic) bond motifs is 2. The number of nitrogens with zero attached hydrogens (tertiary/aromatic N) is 2. The monoisotopic (exact) mass is 405 g/mol. The number of halogens is 2. The van der Waals surface area contributed by atoms with Gasteiger partial charge in [0.15, 0.2) is 0 Å². The van der Waals surface area contributed by atoms with Gasteiger partial charge in [0, 0.05) is 41.9 Å². The van der Waals surface area contributed by atoms with Gasteiger partial charge < -0.3 is 5.32 Å². The van der Waals surface area contributed by atoms with Crippen molar-refractivity contribution in [1.29, 1.82) is 0 Å². The van der Waals surface area contributed by atoms with E-state index in [2.05, 4.69) is 51.3 Å². The average molecular weight is 407 g/mol. The predicted octanol–water partition coefficient (Wildman–Crippen LogP) is 3.90. The molecule has 126 valence electrons. The Morgan fingerprint density at radius 2 is 2.04 bits per heavy atom. The molecule has 0 radical (unpaired) electrons. The zero-order valence-corrected chi connectivity index (χ0v) is 16.1. The van der Waals surface area contributed by atoms with E-state index in [9.17, 15) is 0 Å². The number of rotatable bonds is 1. The number of benzene rings is 1. The molecule has 3 nitrogen and oxygen atoms in total. The van der Waals surface area contributed by atoms with E-state index in [1.54, 1.807) is 0 Å². The van der Waals surface area contributed by atoms with Crippen LogP contribution in [0.1, 0.15) is 34.0 Å². The number of hydrogen-bond acceptors (Lipinski definition) is 3. The third-order valence-corrected chi connectivity index (χ3v) is 6.09. The van der Waals surface area contributed by atoms with Gasteiger partial charge in [-0.1, -0.05) is 17.7 Å². The standard InChI is InChI=1S/C19H21BrClN3/c1-12-15-3-2-13-10-14(20)11-23-18(13)19(16(15)4-5-17(12)21)24-8-6-22-7-9-24/h4-5,10-11,19,22H,2-3,6-9H2,1H3. The van der Waals surface area contributed by atoms with Crippen LogP contribution < -0.4 is 5.32 Å². The first-order valence-corrected chi connectivity index (χ1v) is 9.69. The average Bonchev–Trinajstić information content (AvgIpc) is 2.76. The molecule has 0 saturated carbocycles. The molecule has 1 N–H and O–H groups in total. The molecule has 1 aromatic heterocycles. The molecule has 0 spiro atoms. The molecule has 1 saturated heterocycles. The summed E-state index contributed by atoms with van der Waals surface area (Å²) in [5, 5.41) is 4.32. The highest BCUT2D eigenvalue weighted by atomic mass is 79.9. The largest absolute Gasteiger partial charge is 0.314 e. The third-order valence-electron chi connectivity index (χ3n) is 5.25. The van der Waals surface area contributed by atoms with E-state index in [1.165, 1.54) is 27.9 Å². The second-order valence-corrected chi connectivity index (χ2v) is 7.95. The van der Waals surface area contributed by atoms with Gasteiger partial charge in [-0.2, -0.15) is 0 Å². The minimum Gasteiger partial charge on any atom is -0.314 e. The summed E-state index contributed by atoms with van der Waals surface area (Å²) in [4.78, 5) is 7.41. The van der Waals surface area contributed by atoms with Crippen LogP contribution in [-0.2, 0) is 12.8 Å². The Bertz CT molecular complexity index is 771. The van der Waals surface area contributed by atoms with E-state index >= 15 is 0 Å². The summed E-state index contributed by atoms with van der Waals surface area (Å²) in [6.07, 6.45) is 3.97. The second-order valence-electron chi connectivity index (χ2n) is 6.63. The zero-order chi connectivity index (χ0) is 16.7. The molecule has 24 heavy (non-hydrogen) atoms. The quantitative estimate of drug-likeness (QED) is 0.778. The lowest BCUT2D eigenvalue weighted by Gasteiger charge is -2.36. The van der Waals surface area contributed by atoms with Crippen molar-refractivity contribution in [2.24, 2.45) is 0 Å². The van der Waals surface area contributed by atoms with Gasteiger partial charge in [-0.15, -0.1) is 0 Å². The maximum atomic E-state index is 6.42. The van der Waals surface area contributed by atoms with Crippen molar-refractivity contribution >= 4 is 27.5 Å². The van der Waals surface area contributed by atoms with Gasteiger partial charge >= 0.3 is 0 Å². The molecule has 4 rings (SSSR count). The second kappa shape index (κ2) is 6.75. The summed E-state index contributed by atoms with van der Waals surface area (Å²) in [6, 6.07) is 6.73. The number of nitrogens with one attached hydrogen (secondary N) is 1. The van der Waals surface area contributed by atoms with Crippen LogP contribution in [0.2, 0.25) is 5.02 Å². The molecule has 0 amide bonds. The van der Waals surface area contributed by atoms with Crippen LogP contribution >= 0.6 is 27.5 Å². The summed E-state index contributed by atoms with van der Waals surface area (Å²) >= 11 is 10.0. The molecule has 1 fully saturated rings. The Morgan fingerprint density at radius 1 is 1.25 bits per heavy atom. The molecule has 1 aliphatic carbocycles. The van der Waals surface area contributed by atoms with E-state index in [0.29, 0.717) is 0 Å². The van der Waals surface area contributed by atoms with Crippen LogP contribution in [0, 0.1) is 6.92 Å². The summed E-state index contributed by atoms with van der Waals surface area (Å²) in [5.41, 5.74) is 6.56. The summed E-state index contributed by atoms with van der Waals surface area (Å²) < 4.78 is 1.06. The fourth-order valence-corrected chi connectivity index (χ4v) is 4.55. The summed E-state index contributed by atoms with van der Waals surface area (Å²) in [5.74, 6) is 0. The van der Waals surface area contributed by atoms with Crippen LogP contribution in [0.5, 0.6) is 0 Å². The first kappa shape index (κ1) is 16.5. The molecule has 5 heteroatoms. The Kier molecular flexibility index (Phi) is 4.65. The molecule has 2 aromatic rings. The molecule has 2 heterocycles. The smallest absolute Gasteiger partial charge is 0.0782 e. The van der Waals surface area contributed by atoms with E-state index in [-0.39, 0.29) is 6.04 Å². The van der Waals surface area contributed by atoms with Gasteiger partial charge in [-0.3, -0.25) is 9.88 Å². The lowest BCUT2D eigenvalue weighted by molar-refractivity contribution is 0.195. The highest BCUT2D eigenvalue weighted by Crippen LogP contribution is 2.39. The van der Waals surface area contributed by atoms with Gasteiger partial charge in [0.2, 0.25) is 0 Å². The number of pyridine rings is 1. The van der Waals surface area contributed by atoms with Gasteiger partial charge in [0.1, 0.15) is 0 Å². The Balaban J connectivity index is 1.90. The number of hydrogen-bond donors (Lipinski definition) is 1. The van der Waals surface area contributed by atoms with Crippen LogP contribution in [0.15, 0.2) is 28.9 Å². The number of aromatic nitrogens is 1. The minimum absolute atomic E-state index is 0.226. The molecule has 0 bridgehead atoms. The van der Waals surface area contributed by atoms with Gasteiger partial charge in [-0.05, 0) is 70.1 Å². The highest BCUT2D eigenvalue weighted by Gasteiger charge is 2.31. The summed E-state index contributed by atoms with van der Waals surface area (Å²) in [6.45, 7) is 6.30. The SMILES string of the molecule is Cc1c(Cl)ccc2c1CCc1cc(Br)cnc1C2N1CCNCC1. The van der Waals surface area contributed by atoms with Gasteiger partial charge in [0.25, 0.3) is 0 Å². The van der Waals surface area contributed by atoms with E-state index < -0.39 is 0 Å². The zero-order valence-electron chi connectivity index (χ0n) is 13.8. The number of piperazine rings is 1. The Hall–Kier alpha value is -0.940. The van der Waals surface area contributed by atoms with Crippen LogP contribution in [-0.4, -0.2) is 36.1 Å². The van der Waals surface area contributed by atoms with Crippen LogP contribution in [0.25, 0.3) is 0 Å². The van der Waals surface area contributed by atoms with Crippen LogP contribution in [0.3, 0.4) is 0 Å². The highest BCUT2D eigenvalue weighted by molar-refractivity contribution is 9.10. The maximum absolute atomic E-state index is 6.42. The van der Waals surface area contributed by atoms with Crippen molar-refractivity contribution in [3.63, 3.8) is 0 Å². The molecule has 1 aliphatic heterocycles. The summed E-state index contributed by atoms with van der Waals surface area (Å²) in [7, 11) is 0. The predicted molar refractivity (Wildman–Crippen MR) is 102 cm³/mol. The first-order chi connectivity index (χ1) is 11.6. The molecule has 2 aliphatic rings. The van der Waals surface area contributed by atoms with Gasteiger partial charge in [-0.25, -0.2) is 0 Å². The Labute approximate surface area is 156 Å². The lowest BCUT2D eigenvalue weighted by atomic mass is 9.93. The van der Waals surface area contributed by atoms with Crippen molar-refractivity contribution in [3.8, 4) is 0 Å². The molecular weight excluding hydrogens is 386 g/mol. The van der Waals surface area contributed by atoms with Crippen molar-refractivity contribution in [2.75, 3.05) is 26.2 Å². The fourth-order valence-electron chi connectivity index (χ4n) is 3.99. The van der Waals surface area contributed by atoms with Crippen molar-refractivity contribution in [2.45, 2.75) is 25.8 Å². The molecule has 1 aromatic carbocycles. The first-order valence-electron chi connectivity index (χ1n) is 8.52. The fraction of sp³-hybridized carbons (Fsp3) is 0.421. The lowest BCUT2D eigenvalue weighted by Crippen LogP contribution is -2.45. The molecular formula is C19H21BrClN3. The maximum Gasteiger partial charge on any atom is 0.0782 e. The van der Waals surface area contributed by atoms with Crippen molar-refractivity contribution < 1.29 is 0 Å². The third kappa shape index (κ3) is 2.90. The number of aryl methyl sites for hydroxylation is 1. The normalized spacial score (nSPS) is 21.0.